The summed E-state index contributed by atoms with van der Waals surface area (Å²) in [5.74, 6) is 0.755. The van der Waals surface area contributed by atoms with Gasteiger partial charge < -0.3 is 10.4 Å². The number of aliphatic hydroxyl groups excluding tert-OH is 1. The van der Waals surface area contributed by atoms with Crippen molar-refractivity contribution in [1.29, 1.82) is 0 Å². The van der Waals surface area contributed by atoms with E-state index in [0.29, 0.717) is 11.5 Å². The maximum absolute atomic E-state index is 9.62. The molecule has 3 atom stereocenters. The Bertz CT molecular complexity index is 197. The third-order valence-corrected chi connectivity index (χ3v) is 3.97. The van der Waals surface area contributed by atoms with E-state index in [0.717, 1.165) is 18.9 Å². The highest BCUT2D eigenvalue weighted by Gasteiger charge is 2.33. The highest BCUT2D eigenvalue weighted by atomic mass is 16.3. The Kier molecular flexibility index (Phi) is 5.26. The maximum Gasteiger partial charge on any atom is 0.0662 e. The maximum atomic E-state index is 9.62. The monoisotopic (exact) mass is 227 g/mol. The second-order valence-corrected chi connectivity index (χ2v) is 6.33. The quantitative estimate of drug-likeness (QED) is 0.774. The zero-order chi connectivity index (χ0) is 12.2. The van der Waals surface area contributed by atoms with Gasteiger partial charge in [0.15, 0.2) is 0 Å². The first kappa shape index (κ1) is 14.0. The zero-order valence-corrected chi connectivity index (χ0v) is 11.4. The Labute approximate surface area is 101 Å². The van der Waals surface area contributed by atoms with Gasteiger partial charge in [-0.1, -0.05) is 40.5 Å². The molecule has 3 unspecified atom stereocenters. The molecule has 2 heteroatoms. The van der Waals surface area contributed by atoms with Gasteiger partial charge in [0.1, 0.15) is 0 Å². The van der Waals surface area contributed by atoms with E-state index >= 15 is 0 Å². The van der Waals surface area contributed by atoms with Gasteiger partial charge >= 0.3 is 0 Å². The summed E-state index contributed by atoms with van der Waals surface area (Å²) < 4.78 is 0. The average Bonchev–Trinajstić information content (AvgIpc) is 2.25. The predicted molar refractivity (Wildman–Crippen MR) is 69.5 cm³/mol. The third-order valence-electron chi connectivity index (χ3n) is 3.97. The molecule has 0 aliphatic heterocycles. The van der Waals surface area contributed by atoms with E-state index in [4.69, 9.17) is 0 Å². The van der Waals surface area contributed by atoms with E-state index in [1.807, 2.05) is 6.92 Å². The molecule has 2 nitrogen and oxygen atoms in total. The second-order valence-electron chi connectivity index (χ2n) is 6.33. The van der Waals surface area contributed by atoms with Gasteiger partial charge in [-0.15, -0.1) is 0 Å². The van der Waals surface area contributed by atoms with Crippen LogP contribution in [0.15, 0.2) is 0 Å². The molecule has 1 saturated carbocycles. The molecule has 0 saturated heterocycles. The van der Waals surface area contributed by atoms with Crippen molar-refractivity contribution in [2.45, 2.75) is 71.9 Å². The molecule has 1 aliphatic carbocycles. The number of rotatable bonds is 4. The molecule has 0 aromatic rings. The van der Waals surface area contributed by atoms with E-state index in [9.17, 15) is 5.11 Å². The smallest absolute Gasteiger partial charge is 0.0662 e. The standard InChI is InChI=1S/C14H29NO/c1-5-11(16)10-15-13-9-7-6-8-12(13)14(2,3)4/h11-13,15-16H,5-10H2,1-4H3. The fraction of sp³-hybridized carbons (Fsp3) is 1.00. The van der Waals surface area contributed by atoms with Gasteiger partial charge in [0.2, 0.25) is 0 Å². The number of hydrogen-bond donors (Lipinski definition) is 2. The first-order valence-corrected chi connectivity index (χ1v) is 6.86. The number of nitrogens with one attached hydrogen (secondary N) is 1. The van der Waals surface area contributed by atoms with Crippen LogP contribution in [0.4, 0.5) is 0 Å². The first-order valence-electron chi connectivity index (χ1n) is 6.86. The van der Waals surface area contributed by atoms with Gasteiger partial charge in [0, 0.05) is 12.6 Å². The summed E-state index contributed by atoms with van der Waals surface area (Å²) in [4.78, 5) is 0. The minimum absolute atomic E-state index is 0.178. The highest BCUT2D eigenvalue weighted by Crippen LogP contribution is 2.37. The highest BCUT2D eigenvalue weighted by molar-refractivity contribution is 4.88. The van der Waals surface area contributed by atoms with Crippen molar-refractivity contribution in [3.63, 3.8) is 0 Å². The van der Waals surface area contributed by atoms with Gasteiger partial charge in [-0.2, -0.15) is 0 Å². The van der Waals surface area contributed by atoms with Crippen LogP contribution in [0.1, 0.15) is 59.8 Å². The average molecular weight is 227 g/mol. The lowest BCUT2D eigenvalue weighted by Gasteiger charge is -2.41. The molecule has 1 rings (SSSR count). The van der Waals surface area contributed by atoms with Crippen molar-refractivity contribution in [1.82, 2.24) is 5.32 Å². The fourth-order valence-electron chi connectivity index (χ4n) is 2.84. The van der Waals surface area contributed by atoms with Gasteiger partial charge in [-0.05, 0) is 30.6 Å². The summed E-state index contributed by atoms with van der Waals surface area (Å²) in [5, 5.41) is 13.2. The van der Waals surface area contributed by atoms with E-state index in [2.05, 4.69) is 26.1 Å². The summed E-state index contributed by atoms with van der Waals surface area (Å²) in [5.41, 5.74) is 0.384. The van der Waals surface area contributed by atoms with Crippen LogP contribution in [0, 0.1) is 11.3 Å². The normalized spacial score (nSPS) is 29.1. The zero-order valence-electron chi connectivity index (χ0n) is 11.4. The van der Waals surface area contributed by atoms with Crippen molar-refractivity contribution in [3.8, 4) is 0 Å². The van der Waals surface area contributed by atoms with E-state index < -0.39 is 0 Å². The Morgan fingerprint density at radius 3 is 2.44 bits per heavy atom. The molecular formula is C14H29NO. The second kappa shape index (κ2) is 6.02. The van der Waals surface area contributed by atoms with Crippen LogP contribution in [0.3, 0.4) is 0 Å². The van der Waals surface area contributed by atoms with Crippen LogP contribution < -0.4 is 5.32 Å². The van der Waals surface area contributed by atoms with Gasteiger partial charge in [-0.25, -0.2) is 0 Å². The molecule has 1 aliphatic rings. The molecule has 0 aromatic carbocycles. The van der Waals surface area contributed by atoms with Crippen LogP contribution in [-0.4, -0.2) is 23.8 Å². The topological polar surface area (TPSA) is 32.3 Å². The summed E-state index contributed by atoms with van der Waals surface area (Å²) in [6, 6.07) is 0.606. The lowest BCUT2D eigenvalue weighted by Crippen LogP contribution is -2.46. The van der Waals surface area contributed by atoms with Crippen molar-refractivity contribution in [3.05, 3.63) is 0 Å². The minimum atomic E-state index is -0.178. The molecule has 0 spiro atoms. The minimum Gasteiger partial charge on any atom is -0.392 e. The van der Waals surface area contributed by atoms with Crippen LogP contribution >= 0.6 is 0 Å². The number of hydrogen-bond acceptors (Lipinski definition) is 2. The van der Waals surface area contributed by atoms with Gasteiger partial charge in [0.05, 0.1) is 6.10 Å². The SMILES string of the molecule is CCC(O)CNC1CCCCC1C(C)(C)C. The van der Waals surface area contributed by atoms with E-state index in [1.54, 1.807) is 0 Å². The molecule has 0 radical (unpaired) electrons. The Morgan fingerprint density at radius 2 is 1.88 bits per heavy atom. The lowest BCUT2D eigenvalue weighted by atomic mass is 9.69. The van der Waals surface area contributed by atoms with Crippen molar-refractivity contribution >= 4 is 0 Å². The van der Waals surface area contributed by atoms with Crippen molar-refractivity contribution < 1.29 is 5.11 Å². The Balaban J connectivity index is 2.47. The molecular weight excluding hydrogens is 198 g/mol. The van der Waals surface area contributed by atoms with E-state index in [1.165, 1.54) is 25.7 Å². The third kappa shape index (κ3) is 4.06. The molecule has 0 heterocycles. The van der Waals surface area contributed by atoms with Crippen molar-refractivity contribution in [2.24, 2.45) is 11.3 Å². The Hall–Kier alpha value is -0.0800. The molecule has 1 fully saturated rings. The summed E-state index contributed by atoms with van der Waals surface area (Å²) in [7, 11) is 0. The molecule has 0 amide bonds. The first-order chi connectivity index (χ1) is 7.45. The summed E-state index contributed by atoms with van der Waals surface area (Å²) in [6.07, 6.45) is 5.99. The van der Waals surface area contributed by atoms with Crippen LogP contribution in [-0.2, 0) is 0 Å². The number of aliphatic hydroxyl groups is 1. The van der Waals surface area contributed by atoms with Crippen LogP contribution in [0.2, 0.25) is 0 Å². The lowest BCUT2D eigenvalue weighted by molar-refractivity contribution is 0.108. The molecule has 0 bridgehead atoms. The molecule has 0 aromatic heterocycles. The molecule has 16 heavy (non-hydrogen) atoms. The molecule has 2 N–H and O–H groups in total. The summed E-state index contributed by atoms with van der Waals surface area (Å²) in [6.45, 7) is 9.82. The predicted octanol–water partition coefficient (Wildman–Crippen LogP) is 2.95. The van der Waals surface area contributed by atoms with Crippen LogP contribution in [0.25, 0.3) is 0 Å². The molecule has 96 valence electrons. The Morgan fingerprint density at radius 1 is 1.25 bits per heavy atom. The largest absolute Gasteiger partial charge is 0.392 e. The van der Waals surface area contributed by atoms with E-state index in [-0.39, 0.29) is 6.10 Å². The summed E-state index contributed by atoms with van der Waals surface area (Å²) >= 11 is 0. The fourth-order valence-corrected chi connectivity index (χ4v) is 2.84. The van der Waals surface area contributed by atoms with Crippen LogP contribution in [0.5, 0.6) is 0 Å². The van der Waals surface area contributed by atoms with Crippen molar-refractivity contribution in [2.75, 3.05) is 6.54 Å². The van der Waals surface area contributed by atoms with Gasteiger partial charge in [-0.3, -0.25) is 0 Å². The van der Waals surface area contributed by atoms with Gasteiger partial charge in [0.25, 0.3) is 0 Å².